The fourth-order valence-electron chi connectivity index (χ4n) is 3.07. The predicted molar refractivity (Wildman–Crippen MR) is 114 cm³/mol. The van der Waals surface area contributed by atoms with Crippen molar-refractivity contribution in [1.29, 1.82) is 0 Å². The van der Waals surface area contributed by atoms with Crippen LogP contribution in [0.25, 0.3) is 11.6 Å². The zero-order chi connectivity index (χ0) is 17.1. The summed E-state index contributed by atoms with van der Waals surface area (Å²) in [7, 11) is 0. The maximum atomic E-state index is 5.50. The second kappa shape index (κ2) is 10.0. The Morgan fingerprint density at radius 2 is 2.07 bits per heavy atom. The van der Waals surface area contributed by atoms with Gasteiger partial charge in [-0.15, -0.1) is 36.2 Å². The molecule has 0 aliphatic carbocycles. The first-order valence-corrected chi connectivity index (χ1v) is 9.46. The Morgan fingerprint density at radius 1 is 1.22 bits per heavy atom. The molecule has 3 aromatic heterocycles. The minimum absolute atomic E-state index is 0. The molecule has 6 nitrogen and oxygen atoms in total. The standard InChI is InChI=1S/C18H21N5OS.2ClH/c1-12-16(25-11-21-12)6-9-20-17-13-4-7-19-8-5-14(13)22-18(23-17)15-3-2-10-24-15;;/h2-3,10-11,19H,4-9H2,1H3,(H,20,22,23);2*1H. The van der Waals surface area contributed by atoms with Crippen molar-refractivity contribution in [3.8, 4) is 11.6 Å². The van der Waals surface area contributed by atoms with E-state index in [1.165, 1.54) is 10.4 Å². The average molecular weight is 428 g/mol. The lowest BCUT2D eigenvalue weighted by Crippen LogP contribution is -2.16. The van der Waals surface area contributed by atoms with Gasteiger partial charge in [-0.3, -0.25) is 0 Å². The highest BCUT2D eigenvalue weighted by Crippen LogP contribution is 2.25. The molecule has 0 fully saturated rings. The van der Waals surface area contributed by atoms with E-state index in [9.17, 15) is 0 Å². The first kappa shape index (κ1) is 21.6. The third-order valence-corrected chi connectivity index (χ3v) is 5.41. The van der Waals surface area contributed by atoms with Crippen molar-refractivity contribution in [1.82, 2.24) is 20.3 Å². The van der Waals surface area contributed by atoms with Crippen LogP contribution in [0.5, 0.6) is 0 Å². The van der Waals surface area contributed by atoms with Gasteiger partial charge in [0.2, 0.25) is 0 Å². The van der Waals surface area contributed by atoms with E-state index in [-0.39, 0.29) is 24.8 Å². The molecule has 1 aliphatic heterocycles. The summed E-state index contributed by atoms with van der Waals surface area (Å²) >= 11 is 1.71. The number of aromatic nitrogens is 3. The van der Waals surface area contributed by atoms with E-state index in [4.69, 9.17) is 14.4 Å². The Hall–Kier alpha value is -1.67. The quantitative estimate of drug-likeness (QED) is 0.646. The molecule has 3 aromatic rings. The number of fused-ring (bicyclic) bond motifs is 1. The summed E-state index contributed by atoms with van der Waals surface area (Å²) in [6, 6.07) is 3.77. The molecular formula is C18H23Cl2N5OS. The van der Waals surface area contributed by atoms with Crippen molar-refractivity contribution in [2.45, 2.75) is 26.2 Å². The van der Waals surface area contributed by atoms with Gasteiger partial charge >= 0.3 is 0 Å². The maximum absolute atomic E-state index is 5.50. The number of aryl methyl sites for hydroxylation is 1. The number of nitrogens with zero attached hydrogens (tertiary/aromatic N) is 3. The molecule has 0 unspecified atom stereocenters. The summed E-state index contributed by atoms with van der Waals surface area (Å²) < 4.78 is 5.50. The van der Waals surface area contributed by atoms with Gasteiger partial charge < -0.3 is 15.1 Å². The van der Waals surface area contributed by atoms with E-state index in [0.29, 0.717) is 11.6 Å². The predicted octanol–water partition coefficient (Wildman–Crippen LogP) is 3.69. The van der Waals surface area contributed by atoms with Crippen LogP contribution in [0.15, 0.2) is 28.3 Å². The number of rotatable bonds is 5. The molecule has 146 valence electrons. The van der Waals surface area contributed by atoms with Crippen molar-refractivity contribution in [3.63, 3.8) is 0 Å². The molecule has 0 bridgehead atoms. The SMILES string of the molecule is Cc1ncsc1CCNc1nc(-c2ccco2)nc2c1CCNCC2.Cl.Cl. The van der Waals surface area contributed by atoms with Crippen molar-refractivity contribution < 1.29 is 4.42 Å². The lowest BCUT2D eigenvalue weighted by Gasteiger charge is -2.14. The molecule has 4 rings (SSSR count). The Morgan fingerprint density at radius 3 is 2.81 bits per heavy atom. The molecule has 0 radical (unpaired) electrons. The minimum Gasteiger partial charge on any atom is -0.461 e. The highest BCUT2D eigenvalue weighted by Gasteiger charge is 2.18. The second-order valence-electron chi connectivity index (χ2n) is 6.09. The van der Waals surface area contributed by atoms with Crippen LogP contribution in [0, 0.1) is 6.92 Å². The molecule has 0 saturated heterocycles. The number of thiazole rings is 1. The van der Waals surface area contributed by atoms with Gasteiger partial charge in [0.05, 0.1) is 23.2 Å². The van der Waals surface area contributed by atoms with E-state index in [1.807, 2.05) is 17.6 Å². The zero-order valence-electron chi connectivity index (χ0n) is 15.0. The summed E-state index contributed by atoms with van der Waals surface area (Å²) in [5.41, 5.74) is 5.36. The van der Waals surface area contributed by atoms with E-state index in [2.05, 4.69) is 22.5 Å². The third-order valence-electron chi connectivity index (χ3n) is 4.41. The molecule has 2 N–H and O–H groups in total. The van der Waals surface area contributed by atoms with Gasteiger partial charge in [0, 0.05) is 36.4 Å². The van der Waals surface area contributed by atoms with Crippen LogP contribution >= 0.6 is 36.2 Å². The van der Waals surface area contributed by atoms with E-state index in [1.54, 1.807) is 17.6 Å². The summed E-state index contributed by atoms with van der Waals surface area (Å²) in [5.74, 6) is 2.30. The smallest absolute Gasteiger partial charge is 0.197 e. The number of nitrogens with one attached hydrogen (secondary N) is 2. The van der Waals surface area contributed by atoms with E-state index in [0.717, 1.165) is 56.1 Å². The van der Waals surface area contributed by atoms with Crippen LogP contribution in [0.1, 0.15) is 21.8 Å². The van der Waals surface area contributed by atoms with Crippen molar-refractivity contribution >= 4 is 42.0 Å². The number of hydrogen-bond donors (Lipinski definition) is 2. The van der Waals surface area contributed by atoms with Gasteiger partial charge in [0.25, 0.3) is 0 Å². The largest absolute Gasteiger partial charge is 0.461 e. The van der Waals surface area contributed by atoms with Crippen LogP contribution in [0.3, 0.4) is 0 Å². The third kappa shape index (κ3) is 4.99. The Bertz CT molecular complexity index is 854. The summed E-state index contributed by atoms with van der Waals surface area (Å²) in [6.45, 7) is 4.79. The Balaban J connectivity index is 0.00000131. The molecule has 27 heavy (non-hydrogen) atoms. The molecule has 1 aliphatic rings. The monoisotopic (exact) mass is 427 g/mol. The van der Waals surface area contributed by atoms with Crippen LogP contribution in [0.2, 0.25) is 0 Å². The first-order valence-electron chi connectivity index (χ1n) is 8.58. The lowest BCUT2D eigenvalue weighted by molar-refractivity contribution is 0.576. The van der Waals surface area contributed by atoms with Gasteiger partial charge in [-0.1, -0.05) is 0 Å². The topological polar surface area (TPSA) is 75.9 Å². The molecule has 0 saturated carbocycles. The van der Waals surface area contributed by atoms with Crippen molar-refractivity contribution in [2.75, 3.05) is 25.0 Å². The molecule has 9 heteroatoms. The molecule has 0 spiro atoms. The summed E-state index contributed by atoms with van der Waals surface area (Å²) in [4.78, 5) is 15.1. The fraction of sp³-hybridized carbons (Fsp3) is 0.389. The van der Waals surface area contributed by atoms with E-state index < -0.39 is 0 Å². The van der Waals surface area contributed by atoms with Crippen LogP contribution in [-0.4, -0.2) is 34.6 Å². The number of furan rings is 1. The Kier molecular flexibility index (Phi) is 8.04. The van der Waals surface area contributed by atoms with Crippen LogP contribution < -0.4 is 10.6 Å². The molecule has 4 heterocycles. The van der Waals surface area contributed by atoms with Crippen LogP contribution in [0.4, 0.5) is 5.82 Å². The highest BCUT2D eigenvalue weighted by atomic mass is 35.5. The normalized spacial score (nSPS) is 13.1. The average Bonchev–Trinajstić information content (AvgIpc) is 3.22. The van der Waals surface area contributed by atoms with Gasteiger partial charge in [-0.2, -0.15) is 0 Å². The summed E-state index contributed by atoms with van der Waals surface area (Å²) in [6.07, 6.45) is 4.46. The van der Waals surface area contributed by atoms with Crippen molar-refractivity contribution in [3.05, 3.63) is 45.7 Å². The molecular weight excluding hydrogens is 405 g/mol. The van der Waals surface area contributed by atoms with Crippen LogP contribution in [-0.2, 0) is 19.3 Å². The summed E-state index contributed by atoms with van der Waals surface area (Å²) in [5, 5.41) is 6.96. The van der Waals surface area contributed by atoms with Gasteiger partial charge in [0.1, 0.15) is 5.82 Å². The second-order valence-corrected chi connectivity index (χ2v) is 7.03. The first-order chi connectivity index (χ1) is 12.3. The fourth-order valence-corrected chi connectivity index (χ4v) is 3.85. The van der Waals surface area contributed by atoms with Crippen molar-refractivity contribution in [2.24, 2.45) is 0 Å². The molecule has 0 atom stereocenters. The highest BCUT2D eigenvalue weighted by molar-refractivity contribution is 7.09. The number of hydrogen-bond acceptors (Lipinski definition) is 7. The van der Waals surface area contributed by atoms with Gasteiger partial charge in [0.15, 0.2) is 11.6 Å². The van der Waals surface area contributed by atoms with Gasteiger partial charge in [-0.05, 0) is 32.0 Å². The minimum atomic E-state index is 0. The molecule has 0 aromatic carbocycles. The lowest BCUT2D eigenvalue weighted by atomic mass is 10.1. The van der Waals surface area contributed by atoms with E-state index >= 15 is 0 Å². The Labute approximate surface area is 175 Å². The number of anilines is 1. The number of halogens is 2. The maximum Gasteiger partial charge on any atom is 0.197 e. The zero-order valence-corrected chi connectivity index (χ0v) is 17.5. The van der Waals surface area contributed by atoms with Gasteiger partial charge in [-0.25, -0.2) is 15.0 Å². The molecule has 0 amide bonds.